The number of amides is 1. The summed E-state index contributed by atoms with van der Waals surface area (Å²) >= 11 is 0. The van der Waals surface area contributed by atoms with Crippen LogP contribution in [0.4, 0.5) is 4.39 Å². The molecule has 1 N–H and O–H groups in total. The second kappa shape index (κ2) is 6.63. The van der Waals surface area contributed by atoms with Crippen molar-refractivity contribution in [2.45, 2.75) is 11.3 Å². The minimum Gasteiger partial charge on any atom is -0.384 e. The van der Waals surface area contributed by atoms with Crippen molar-refractivity contribution in [1.29, 1.82) is 0 Å². The molecular formula is C12H16FNO4S. The highest BCUT2D eigenvalue weighted by Gasteiger charge is 2.17. The molecule has 0 aromatic heterocycles. The number of carbonyl (C=O) groups is 1. The number of rotatable bonds is 6. The molecule has 0 radical (unpaired) electrons. The summed E-state index contributed by atoms with van der Waals surface area (Å²) in [7, 11) is -0.722. The molecule has 7 heteroatoms. The average Bonchev–Trinajstić information content (AvgIpc) is 2.38. The lowest BCUT2D eigenvalue weighted by Crippen LogP contribution is -2.20. The van der Waals surface area contributed by atoms with Gasteiger partial charge in [0.1, 0.15) is 5.82 Å². The second-order valence-electron chi connectivity index (χ2n) is 3.91. The van der Waals surface area contributed by atoms with Gasteiger partial charge in [-0.3, -0.25) is 4.79 Å². The summed E-state index contributed by atoms with van der Waals surface area (Å²) in [5, 5.41) is 2.37. The predicted octanol–water partition coefficient (Wildman–Crippen LogP) is 0.534. The molecule has 106 valence electrons. The maximum atomic E-state index is 13.7. The van der Waals surface area contributed by atoms with Crippen LogP contribution in [0, 0.1) is 5.82 Å². The van der Waals surface area contributed by atoms with Gasteiger partial charge >= 0.3 is 0 Å². The zero-order chi connectivity index (χ0) is 14.5. The van der Waals surface area contributed by atoms with E-state index < -0.39 is 15.7 Å². The van der Waals surface area contributed by atoms with E-state index >= 15 is 0 Å². The van der Waals surface area contributed by atoms with Crippen LogP contribution in [-0.2, 0) is 25.8 Å². The lowest BCUT2D eigenvalue weighted by molar-refractivity contribution is -0.120. The molecule has 0 fully saturated rings. The molecule has 0 saturated carbocycles. The van der Waals surface area contributed by atoms with Gasteiger partial charge in [-0.25, -0.2) is 12.8 Å². The minimum atomic E-state index is -3.56. The van der Waals surface area contributed by atoms with Gasteiger partial charge in [0.25, 0.3) is 0 Å². The van der Waals surface area contributed by atoms with E-state index in [-0.39, 0.29) is 35.1 Å². The molecular weight excluding hydrogens is 273 g/mol. The number of benzene rings is 1. The fraction of sp³-hybridized carbons (Fsp3) is 0.417. The number of hydrogen-bond acceptors (Lipinski definition) is 4. The topological polar surface area (TPSA) is 72.5 Å². The Balaban J connectivity index is 2.96. The molecule has 0 bridgehead atoms. The first-order valence-corrected chi connectivity index (χ1v) is 7.26. The number of methoxy groups -OCH3 is 1. The van der Waals surface area contributed by atoms with E-state index in [9.17, 15) is 17.6 Å². The molecule has 0 aliphatic carbocycles. The van der Waals surface area contributed by atoms with Gasteiger partial charge in [-0.05, 0) is 17.7 Å². The summed E-state index contributed by atoms with van der Waals surface area (Å²) < 4.78 is 42.0. The Labute approximate surface area is 111 Å². The molecule has 0 atom stereocenters. The quantitative estimate of drug-likeness (QED) is 0.829. The first-order valence-electron chi connectivity index (χ1n) is 5.61. The SMILES string of the molecule is CNC(=O)Cc1ccc(S(=O)(=O)CCOC)cc1F. The standard InChI is InChI=1S/C12H16FNO4S/c1-14-12(15)7-9-3-4-10(8-11(9)13)19(16,17)6-5-18-2/h3-4,8H,5-7H2,1-2H3,(H,14,15). The number of ether oxygens (including phenoxy) is 1. The Bertz CT molecular complexity index is 557. The summed E-state index contributed by atoms with van der Waals surface area (Å²) in [6, 6.07) is 3.54. The largest absolute Gasteiger partial charge is 0.384 e. The van der Waals surface area contributed by atoms with Gasteiger partial charge in [0, 0.05) is 14.2 Å². The van der Waals surface area contributed by atoms with Crippen LogP contribution in [0.2, 0.25) is 0 Å². The van der Waals surface area contributed by atoms with Gasteiger partial charge < -0.3 is 10.1 Å². The number of halogens is 1. The molecule has 0 spiro atoms. The van der Waals surface area contributed by atoms with Crippen molar-refractivity contribution >= 4 is 15.7 Å². The van der Waals surface area contributed by atoms with Crippen molar-refractivity contribution in [3.05, 3.63) is 29.6 Å². The maximum absolute atomic E-state index is 13.7. The van der Waals surface area contributed by atoms with Crippen LogP contribution in [0.25, 0.3) is 0 Å². The molecule has 1 aromatic rings. The Kier molecular flexibility index (Phi) is 5.44. The Hall–Kier alpha value is -1.47. The van der Waals surface area contributed by atoms with Crippen molar-refractivity contribution in [1.82, 2.24) is 5.32 Å². The Morgan fingerprint density at radius 2 is 2.11 bits per heavy atom. The average molecular weight is 289 g/mol. The van der Waals surface area contributed by atoms with Crippen molar-refractivity contribution in [2.75, 3.05) is 26.5 Å². The fourth-order valence-corrected chi connectivity index (χ4v) is 2.62. The molecule has 0 saturated heterocycles. The number of nitrogens with one attached hydrogen (secondary N) is 1. The molecule has 1 amide bonds. The van der Waals surface area contributed by atoms with E-state index in [2.05, 4.69) is 5.32 Å². The van der Waals surface area contributed by atoms with Crippen LogP contribution < -0.4 is 5.32 Å². The van der Waals surface area contributed by atoms with Crippen LogP contribution in [0.3, 0.4) is 0 Å². The first kappa shape index (κ1) is 15.6. The molecule has 0 heterocycles. The molecule has 1 aromatic carbocycles. The van der Waals surface area contributed by atoms with Crippen molar-refractivity contribution in [2.24, 2.45) is 0 Å². The van der Waals surface area contributed by atoms with Crippen molar-refractivity contribution in [3.63, 3.8) is 0 Å². The zero-order valence-electron chi connectivity index (χ0n) is 10.8. The maximum Gasteiger partial charge on any atom is 0.224 e. The normalized spacial score (nSPS) is 11.3. The summed E-state index contributed by atoms with van der Waals surface area (Å²) in [5.74, 6) is -1.26. The van der Waals surface area contributed by atoms with Gasteiger partial charge in [-0.2, -0.15) is 0 Å². The number of likely N-dealkylation sites (N-methyl/N-ethyl adjacent to an activating group) is 1. The smallest absolute Gasteiger partial charge is 0.224 e. The third-order valence-corrected chi connectivity index (χ3v) is 4.25. The van der Waals surface area contributed by atoms with Gasteiger partial charge in [-0.1, -0.05) is 6.07 Å². The van der Waals surface area contributed by atoms with Gasteiger partial charge in [0.15, 0.2) is 9.84 Å². The second-order valence-corrected chi connectivity index (χ2v) is 6.02. The molecule has 19 heavy (non-hydrogen) atoms. The summed E-state index contributed by atoms with van der Waals surface area (Å²) in [5.41, 5.74) is 0.157. The van der Waals surface area contributed by atoms with E-state index in [1.54, 1.807) is 0 Å². The minimum absolute atomic E-state index is 0.0456. The zero-order valence-corrected chi connectivity index (χ0v) is 11.6. The third-order valence-electron chi connectivity index (χ3n) is 2.57. The fourth-order valence-electron chi connectivity index (χ4n) is 1.44. The van der Waals surface area contributed by atoms with Crippen LogP contribution in [0.5, 0.6) is 0 Å². The van der Waals surface area contributed by atoms with E-state index in [0.29, 0.717) is 0 Å². The lowest BCUT2D eigenvalue weighted by atomic mass is 10.1. The predicted molar refractivity (Wildman–Crippen MR) is 68.1 cm³/mol. The highest BCUT2D eigenvalue weighted by molar-refractivity contribution is 7.91. The summed E-state index contributed by atoms with van der Waals surface area (Å²) in [6.45, 7) is 0.0456. The van der Waals surface area contributed by atoms with Crippen molar-refractivity contribution < 1.29 is 22.3 Å². The highest BCUT2D eigenvalue weighted by atomic mass is 32.2. The highest BCUT2D eigenvalue weighted by Crippen LogP contribution is 2.16. The Morgan fingerprint density at radius 3 is 2.63 bits per heavy atom. The molecule has 0 unspecified atom stereocenters. The van der Waals surface area contributed by atoms with E-state index in [1.165, 1.54) is 26.3 Å². The monoisotopic (exact) mass is 289 g/mol. The van der Waals surface area contributed by atoms with E-state index in [0.717, 1.165) is 6.07 Å². The van der Waals surface area contributed by atoms with Gasteiger partial charge in [0.2, 0.25) is 5.91 Å². The number of carbonyl (C=O) groups excluding carboxylic acids is 1. The summed E-state index contributed by atoms with van der Waals surface area (Å²) in [4.78, 5) is 11.0. The van der Waals surface area contributed by atoms with Crippen LogP contribution in [0.15, 0.2) is 23.1 Å². The van der Waals surface area contributed by atoms with Gasteiger partial charge in [-0.15, -0.1) is 0 Å². The third kappa shape index (κ3) is 4.29. The van der Waals surface area contributed by atoms with E-state index in [4.69, 9.17) is 4.74 Å². The molecule has 5 nitrogen and oxygen atoms in total. The van der Waals surface area contributed by atoms with Crippen LogP contribution >= 0.6 is 0 Å². The lowest BCUT2D eigenvalue weighted by Gasteiger charge is -2.07. The summed E-state index contributed by atoms with van der Waals surface area (Å²) in [6.07, 6.45) is -0.124. The van der Waals surface area contributed by atoms with Crippen LogP contribution in [-0.4, -0.2) is 40.8 Å². The molecule has 1 rings (SSSR count). The molecule has 0 aliphatic rings. The van der Waals surface area contributed by atoms with E-state index in [1.807, 2.05) is 0 Å². The number of hydrogen-bond donors (Lipinski definition) is 1. The van der Waals surface area contributed by atoms with Crippen LogP contribution in [0.1, 0.15) is 5.56 Å². The first-order chi connectivity index (χ1) is 8.90. The number of sulfone groups is 1. The van der Waals surface area contributed by atoms with Crippen molar-refractivity contribution in [3.8, 4) is 0 Å². The Morgan fingerprint density at radius 1 is 1.42 bits per heavy atom. The van der Waals surface area contributed by atoms with Gasteiger partial charge in [0.05, 0.1) is 23.7 Å². The molecule has 0 aliphatic heterocycles.